The normalized spacial score (nSPS) is 19.7. The molecule has 2 aliphatic heterocycles. The van der Waals surface area contributed by atoms with E-state index in [1.807, 2.05) is 0 Å². The molecule has 0 saturated carbocycles. The van der Waals surface area contributed by atoms with Gasteiger partial charge in [-0.3, -0.25) is 0 Å². The lowest BCUT2D eigenvalue weighted by Crippen LogP contribution is -2.61. The molecule has 4 heterocycles. The summed E-state index contributed by atoms with van der Waals surface area (Å²) in [4.78, 5) is 5.50. The smallest absolute Gasteiger partial charge is 0.264 e. The van der Waals surface area contributed by atoms with Crippen LogP contribution in [0.5, 0.6) is 0 Å². The van der Waals surface area contributed by atoms with Crippen LogP contribution < -0.4 is 25.5 Å². The Bertz CT molecular complexity index is 4040. The van der Waals surface area contributed by atoms with Crippen LogP contribution in [-0.2, 0) is 37.9 Å². The lowest BCUT2D eigenvalue weighted by Gasteiger charge is -2.47. The number of aryl methyl sites for hydroxylation is 2. The highest BCUT2D eigenvalue weighted by atomic mass is 32.1. The van der Waals surface area contributed by atoms with Gasteiger partial charge in [-0.2, -0.15) is 0 Å². The number of hydrogen-bond donors (Lipinski definition) is 0. The number of nitrogens with zero attached hydrogens (tertiary/aromatic N) is 3. The molecule has 3 nitrogen and oxygen atoms in total. The van der Waals surface area contributed by atoms with Gasteiger partial charge in [0.25, 0.3) is 6.71 Å². The fourth-order valence-electron chi connectivity index (χ4n) is 15.6. The topological polar surface area (TPSA) is 11.4 Å². The zero-order chi connectivity index (χ0) is 55.6. The van der Waals surface area contributed by atoms with Crippen molar-refractivity contribution in [3.8, 4) is 5.69 Å². The summed E-state index contributed by atoms with van der Waals surface area (Å²) < 4.78 is 5.47. The van der Waals surface area contributed by atoms with Crippen molar-refractivity contribution in [3.05, 3.63) is 165 Å². The molecule has 3 aliphatic carbocycles. The molecule has 0 amide bonds. The average Bonchev–Trinajstić information content (AvgIpc) is 4.12. The molecule has 14 rings (SSSR count). The van der Waals surface area contributed by atoms with Crippen molar-refractivity contribution in [1.82, 2.24) is 4.57 Å². The Kier molecular flexibility index (Phi) is 10.6. The monoisotopic (exact) mass is 1060 g/mol. The van der Waals surface area contributed by atoms with E-state index in [0.29, 0.717) is 0 Å². The molecule has 0 bridgehead atoms. The summed E-state index contributed by atoms with van der Waals surface area (Å²) in [6.45, 7) is 41.5. The lowest BCUT2D eigenvalue weighted by molar-refractivity contribution is 0.332. The van der Waals surface area contributed by atoms with Crippen LogP contribution in [0.3, 0.4) is 0 Å². The Morgan fingerprint density at radius 2 is 0.886 bits per heavy atom. The minimum Gasteiger partial charge on any atom is -0.311 e. The van der Waals surface area contributed by atoms with Gasteiger partial charge < -0.3 is 14.4 Å². The molecule has 0 saturated heterocycles. The third-order valence-corrected chi connectivity index (χ3v) is 22.2. The largest absolute Gasteiger partial charge is 0.311 e. The van der Waals surface area contributed by atoms with Gasteiger partial charge in [0.15, 0.2) is 0 Å². The highest BCUT2D eigenvalue weighted by molar-refractivity contribution is 7.33. The van der Waals surface area contributed by atoms with Gasteiger partial charge in [-0.25, -0.2) is 0 Å². The summed E-state index contributed by atoms with van der Waals surface area (Å²) in [5, 5.41) is 3.96. The first-order chi connectivity index (χ1) is 37.0. The molecule has 0 fully saturated rings. The SMILES string of the molecule is Cc1ccc2c3ccc(C)cc3n(-c3cc4c5c(c3)N(c3ccc(C(C)(C)C)cc3)c3c(sc6cc7c(cc36)C(C)(C)CCC7(C)C)B5c3cc5c(cc3N4c3ccc4c(c3)C(C)(C)CCC4(C)C)C(C)(C)CCC5(C)C)c2c1. The van der Waals surface area contributed by atoms with Crippen molar-refractivity contribution in [2.45, 2.75) is 194 Å². The van der Waals surface area contributed by atoms with Crippen LogP contribution in [0, 0.1) is 13.8 Å². The zero-order valence-electron chi connectivity index (χ0n) is 50.5. The summed E-state index contributed by atoms with van der Waals surface area (Å²) in [5.41, 5.74) is 27.5. The van der Waals surface area contributed by atoms with Gasteiger partial charge in [-0.05, 0) is 218 Å². The van der Waals surface area contributed by atoms with Crippen molar-refractivity contribution >= 4 is 99.8 Å². The number of benzene rings is 7. The molecule has 402 valence electrons. The van der Waals surface area contributed by atoms with Crippen LogP contribution in [-0.4, -0.2) is 11.3 Å². The van der Waals surface area contributed by atoms with E-state index in [1.165, 1.54) is 170 Å². The van der Waals surface area contributed by atoms with E-state index in [4.69, 9.17) is 0 Å². The maximum atomic E-state index is 2.76. The Morgan fingerprint density at radius 3 is 1.43 bits per heavy atom. The molecule has 5 heteroatoms. The lowest BCUT2D eigenvalue weighted by atomic mass is 9.35. The van der Waals surface area contributed by atoms with Crippen LogP contribution in [0.25, 0.3) is 37.6 Å². The van der Waals surface area contributed by atoms with E-state index < -0.39 is 0 Å². The predicted octanol–water partition coefficient (Wildman–Crippen LogP) is 19.0. The Hall–Kier alpha value is -6.04. The van der Waals surface area contributed by atoms with Crippen LogP contribution in [0.4, 0.5) is 34.1 Å². The molecule has 2 aromatic heterocycles. The number of rotatable bonds is 3. The molecule has 7 aromatic carbocycles. The predicted molar refractivity (Wildman–Crippen MR) is 344 cm³/mol. The van der Waals surface area contributed by atoms with Crippen LogP contribution in [0.15, 0.2) is 115 Å². The fourth-order valence-corrected chi connectivity index (χ4v) is 16.9. The Morgan fingerprint density at radius 1 is 0.418 bits per heavy atom. The minimum atomic E-state index is 0.00243. The molecule has 0 N–H and O–H groups in total. The van der Waals surface area contributed by atoms with E-state index in [0.717, 1.165) is 6.42 Å². The first kappa shape index (κ1) is 51.1. The van der Waals surface area contributed by atoms with E-state index in [1.54, 1.807) is 0 Å². The van der Waals surface area contributed by atoms with E-state index in [9.17, 15) is 0 Å². The van der Waals surface area contributed by atoms with E-state index in [-0.39, 0.29) is 44.6 Å². The molecule has 0 unspecified atom stereocenters. The van der Waals surface area contributed by atoms with Gasteiger partial charge in [-0.15, -0.1) is 11.3 Å². The molecule has 0 atom stereocenters. The third kappa shape index (κ3) is 7.41. The summed E-state index contributed by atoms with van der Waals surface area (Å²) in [5.74, 6) is 0. The van der Waals surface area contributed by atoms with Crippen LogP contribution >= 0.6 is 11.3 Å². The molecular weight excluding hydrogens is 974 g/mol. The van der Waals surface area contributed by atoms with Gasteiger partial charge in [0.1, 0.15) is 0 Å². The highest BCUT2D eigenvalue weighted by Crippen LogP contribution is 2.56. The van der Waals surface area contributed by atoms with Crippen LogP contribution in [0.1, 0.15) is 192 Å². The number of anilines is 6. The second-order valence-electron chi connectivity index (χ2n) is 30.4. The quantitative estimate of drug-likeness (QED) is 0.163. The fraction of sp³-hybridized carbons (Fsp3) is 0.405. The van der Waals surface area contributed by atoms with Crippen molar-refractivity contribution in [3.63, 3.8) is 0 Å². The summed E-state index contributed by atoms with van der Waals surface area (Å²) in [6, 6.07) is 47.5. The van der Waals surface area contributed by atoms with Crippen molar-refractivity contribution in [2.75, 3.05) is 9.80 Å². The van der Waals surface area contributed by atoms with Crippen molar-refractivity contribution in [2.24, 2.45) is 0 Å². The van der Waals surface area contributed by atoms with Gasteiger partial charge in [0.2, 0.25) is 0 Å². The van der Waals surface area contributed by atoms with Crippen molar-refractivity contribution in [1.29, 1.82) is 0 Å². The molecule has 0 spiro atoms. The molecule has 9 aromatic rings. The maximum Gasteiger partial charge on any atom is 0.264 e. The number of fused-ring (bicyclic) bond motifs is 12. The molecular formula is C74H82BN3S. The second-order valence-corrected chi connectivity index (χ2v) is 31.5. The number of hydrogen-bond acceptors (Lipinski definition) is 3. The number of aromatic nitrogens is 1. The maximum absolute atomic E-state index is 2.76. The van der Waals surface area contributed by atoms with E-state index >= 15 is 0 Å². The average molecular weight is 1060 g/mol. The first-order valence-electron chi connectivity index (χ1n) is 29.9. The van der Waals surface area contributed by atoms with Crippen molar-refractivity contribution < 1.29 is 0 Å². The van der Waals surface area contributed by atoms with Gasteiger partial charge >= 0.3 is 0 Å². The summed E-state index contributed by atoms with van der Waals surface area (Å²) in [7, 11) is 0. The summed E-state index contributed by atoms with van der Waals surface area (Å²) >= 11 is 2.08. The van der Waals surface area contributed by atoms with E-state index in [2.05, 4.69) is 259 Å². The highest BCUT2D eigenvalue weighted by Gasteiger charge is 2.50. The Balaban J connectivity index is 1.18. The number of thiophene rings is 1. The third-order valence-electron chi connectivity index (χ3n) is 21.0. The molecule has 0 radical (unpaired) electrons. The minimum absolute atomic E-state index is 0.00243. The molecule has 5 aliphatic rings. The first-order valence-corrected chi connectivity index (χ1v) is 30.7. The van der Waals surface area contributed by atoms with Gasteiger partial charge in [-0.1, -0.05) is 152 Å². The van der Waals surface area contributed by atoms with Gasteiger partial charge in [0.05, 0.1) is 22.4 Å². The standard InChI is InChI=1S/C74H82BN3S/c1-43-18-25-49-50-26-19-44(2)35-60(50)77(59(49)34-43)48-37-62-65-63(38-48)78(46-22-20-45(21-23-46)68(3,4)5)66-51-39-54-57(74(16,17)33-30-71(54,10)11)42-64(51)79-67(66)75(65)58-40-55-56(73(14,15)32-31-72(55,12)13)41-61(58)76(62)47-24-27-52-53(36-47)70(8,9)29-28-69(52,6)7/h18-27,34-42H,28-33H2,1-17H3. The Labute approximate surface area is 476 Å². The molecule has 79 heavy (non-hydrogen) atoms. The second kappa shape index (κ2) is 16.3. The summed E-state index contributed by atoms with van der Waals surface area (Å²) in [6.07, 6.45) is 7.05. The zero-order valence-corrected chi connectivity index (χ0v) is 51.4. The van der Waals surface area contributed by atoms with Crippen LogP contribution in [0.2, 0.25) is 0 Å². The van der Waals surface area contributed by atoms with Gasteiger partial charge in [0, 0.05) is 54.1 Å².